The van der Waals surface area contributed by atoms with Gasteiger partial charge < -0.3 is 5.11 Å². The summed E-state index contributed by atoms with van der Waals surface area (Å²) in [5, 5.41) is 8.43. The summed E-state index contributed by atoms with van der Waals surface area (Å²) in [6.45, 7) is 4.04. The lowest BCUT2D eigenvalue weighted by molar-refractivity contribution is -0.136. The van der Waals surface area contributed by atoms with E-state index in [4.69, 9.17) is 5.11 Å². The van der Waals surface area contributed by atoms with E-state index in [0.717, 1.165) is 25.7 Å². The standard InChI is InChI=1S/C11H23NO4S/c1-3-5-10(6-4-2)9-17(15,16)12-8-7-11(13)14/h10,12H,3-9H2,1-2H3,(H,13,14). The van der Waals surface area contributed by atoms with E-state index in [2.05, 4.69) is 4.72 Å². The van der Waals surface area contributed by atoms with E-state index in [1.54, 1.807) is 0 Å². The summed E-state index contributed by atoms with van der Waals surface area (Å²) in [6, 6.07) is 0. The number of hydrogen-bond acceptors (Lipinski definition) is 3. The van der Waals surface area contributed by atoms with Gasteiger partial charge in [0.1, 0.15) is 0 Å². The largest absolute Gasteiger partial charge is 0.481 e. The molecule has 5 nitrogen and oxygen atoms in total. The van der Waals surface area contributed by atoms with E-state index in [0.29, 0.717) is 0 Å². The first-order chi connectivity index (χ1) is 7.91. The average molecular weight is 265 g/mol. The van der Waals surface area contributed by atoms with Crippen molar-refractivity contribution >= 4 is 16.0 Å². The van der Waals surface area contributed by atoms with Crippen molar-refractivity contribution in [3.8, 4) is 0 Å². The first-order valence-electron chi connectivity index (χ1n) is 6.10. The summed E-state index contributed by atoms with van der Waals surface area (Å²) in [5.74, 6) is -0.715. The van der Waals surface area contributed by atoms with Gasteiger partial charge in [-0.2, -0.15) is 0 Å². The Bertz CT molecular complexity index is 307. The van der Waals surface area contributed by atoms with Gasteiger partial charge in [0, 0.05) is 6.54 Å². The quantitative estimate of drug-likeness (QED) is 0.628. The first kappa shape index (κ1) is 16.4. The molecule has 0 saturated carbocycles. The average Bonchev–Trinajstić information content (AvgIpc) is 2.16. The van der Waals surface area contributed by atoms with Gasteiger partial charge in [-0.25, -0.2) is 13.1 Å². The second-order valence-corrected chi connectivity index (χ2v) is 6.11. The SMILES string of the molecule is CCCC(CCC)CS(=O)(=O)NCCC(=O)O. The van der Waals surface area contributed by atoms with E-state index in [1.165, 1.54) is 0 Å². The molecule has 0 rings (SSSR count). The molecule has 6 heteroatoms. The van der Waals surface area contributed by atoms with Gasteiger partial charge >= 0.3 is 5.97 Å². The summed E-state index contributed by atoms with van der Waals surface area (Å²) in [6.07, 6.45) is 3.55. The summed E-state index contributed by atoms with van der Waals surface area (Å²) in [5.41, 5.74) is 0. The minimum atomic E-state index is -3.33. The molecule has 0 aliphatic heterocycles. The molecular formula is C11H23NO4S. The molecule has 0 saturated heterocycles. The zero-order chi connectivity index (χ0) is 13.3. The highest BCUT2D eigenvalue weighted by Crippen LogP contribution is 2.15. The molecule has 0 unspecified atom stereocenters. The van der Waals surface area contributed by atoms with Crippen LogP contribution in [0.25, 0.3) is 0 Å². The normalized spacial score (nSPS) is 11.9. The third-order valence-corrected chi connectivity index (χ3v) is 4.06. The lowest BCUT2D eigenvalue weighted by Gasteiger charge is -2.15. The van der Waals surface area contributed by atoms with Gasteiger partial charge in [0.25, 0.3) is 0 Å². The maximum atomic E-state index is 11.7. The second-order valence-electron chi connectivity index (χ2n) is 4.26. The Labute approximate surface area is 104 Å². The smallest absolute Gasteiger partial charge is 0.304 e. The third kappa shape index (κ3) is 9.12. The Hall–Kier alpha value is -0.620. The summed E-state index contributed by atoms with van der Waals surface area (Å²) in [7, 11) is -3.33. The molecule has 0 aromatic carbocycles. The fourth-order valence-corrected chi connectivity index (χ4v) is 3.30. The number of hydrogen-bond donors (Lipinski definition) is 2. The van der Waals surface area contributed by atoms with E-state index >= 15 is 0 Å². The zero-order valence-electron chi connectivity index (χ0n) is 10.6. The van der Waals surface area contributed by atoms with Crippen LogP contribution >= 0.6 is 0 Å². The molecule has 0 aromatic heterocycles. The third-order valence-electron chi connectivity index (χ3n) is 2.51. The number of carboxylic acid groups (broad SMARTS) is 1. The highest BCUT2D eigenvalue weighted by Gasteiger charge is 2.17. The topological polar surface area (TPSA) is 83.5 Å². The molecule has 17 heavy (non-hydrogen) atoms. The Morgan fingerprint density at radius 1 is 1.24 bits per heavy atom. The van der Waals surface area contributed by atoms with Gasteiger partial charge in [-0.05, 0) is 18.8 Å². The van der Waals surface area contributed by atoms with Crippen LogP contribution in [0.3, 0.4) is 0 Å². The molecule has 0 aliphatic carbocycles. The highest BCUT2D eigenvalue weighted by molar-refractivity contribution is 7.89. The number of carboxylic acids is 1. The monoisotopic (exact) mass is 265 g/mol. The minimum absolute atomic E-state index is 0.0252. The predicted molar refractivity (Wildman–Crippen MR) is 67.3 cm³/mol. The number of carbonyl (C=O) groups is 1. The number of nitrogens with one attached hydrogen (secondary N) is 1. The Morgan fingerprint density at radius 2 is 1.76 bits per heavy atom. The fourth-order valence-electron chi connectivity index (χ4n) is 1.81. The van der Waals surface area contributed by atoms with Crippen molar-refractivity contribution in [1.82, 2.24) is 4.72 Å². The molecule has 0 atom stereocenters. The zero-order valence-corrected chi connectivity index (χ0v) is 11.4. The van der Waals surface area contributed by atoms with Gasteiger partial charge in [0.2, 0.25) is 10.0 Å². The molecule has 0 bridgehead atoms. The maximum absolute atomic E-state index is 11.7. The molecule has 0 radical (unpaired) electrons. The van der Waals surface area contributed by atoms with Gasteiger partial charge in [0.15, 0.2) is 0 Å². The van der Waals surface area contributed by atoms with Crippen LogP contribution in [0.5, 0.6) is 0 Å². The van der Waals surface area contributed by atoms with E-state index in [1.807, 2.05) is 13.8 Å². The molecule has 0 spiro atoms. The van der Waals surface area contributed by atoms with Crippen LogP contribution in [-0.4, -0.2) is 31.8 Å². The van der Waals surface area contributed by atoms with Crippen LogP contribution in [-0.2, 0) is 14.8 Å². The Kier molecular flexibility index (Phi) is 8.16. The number of sulfonamides is 1. The van der Waals surface area contributed by atoms with Crippen LogP contribution in [0.1, 0.15) is 46.0 Å². The fraction of sp³-hybridized carbons (Fsp3) is 0.909. The van der Waals surface area contributed by atoms with Crippen molar-refractivity contribution in [2.24, 2.45) is 5.92 Å². The van der Waals surface area contributed by atoms with Gasteiger partial charge in [-0.1, -0.05) is 26.7 Å². The molecule has 0 aliphatic rings. The summed E-state index contributed by atoms with van der Waals surface area (Å²) in [4.78, 5) is 10.3. The molecule has 2 N–H and O–H groups in total. The van der Waals surface area contributed by atoms with Gasteiger partial charge in [-0.3, -0.25) is 4.79 Å². The predicted octanol–water partition coefficient (Wildman–Crippen LogP) is 1.60. The van der Waals surface area contributed by atoms with E-state index in [9.17, 15) is 13.2 Å². The highest BCUT2D eigenvalue weighted by atomic mass is 32.2. The van der Waals surface area contributed by atoms with Gasteiger partial charge in [0.05, 0.1) is 12.2 Å². The number of aliphatic carboxylic acids is 1. The van der Waals surface area contributed by atoms with Crippen LogP contribution in [0.2, 0.25) is 0 Å². The van der Waals surface area contributed by atoms with Crippen molar-refractivity contribution in [1.29, 1.82) is 0 Å². The minimum Gasteiger partial charge on any atom is -0.481 e. The lowest BCUT2D eigenvalue weighted by atomic mass is 10.0. The molecule has 0 heterocycles. The molecule has 102 valence electrons. The molecule has 0 fully saturated rings. The molecule has 0 aromatic rings. The first-order valence-corrected chi connectivity index (χ1v) is 7.75. The molecule has 0 amide bonds. The van der Waals surface area contributed by atoms with E-state index in [-0.39, 0.29) is 24.6 Å². The maximum Gasteiger partial charge on any atom is 0.304 e. The van der Waals surface area contributed by atoms with Crippen molar-refractivity contribution in [2.75, 3.05) is 12.3 Å². The summed E-state index contributed by atoms with van der Waals surface area (Å²) < 4.78 is 25.7. The van der Waals surface area contributed by atoms with Crippen LogP contribution in [0.4, 0.5) is 0 Å². The van der Waals surface area contributed by atoms with Crippen molar-refractivity contribution in [3.63, 3.8) is 0 Å². The van der Waals surface area contributed by atoms with Crippen molar-refractivity contribution in [2.45, 2.75) is 46.0 Å². The summed E-state index contributed by atoms with van der Waals surface area (Å²) >= 11 is 0. The van der Waals surface area contributed by atoms with E-state index < -0.39 is 16.0 Å². The van der Waals surface area contributed by atoms with Crippen molar-refractivity contribution < 1.29 is 18.3 Å². The second kappa shape index (κ2) is 8.47. The Morgan fingerprint density at radius 3 is 2.18 bits per heavy atom. The van der Waals surface area contributed by atoms with Crippen LogP contribution in [0.15, 0.2) is 0 Å². The lowest BCUT2D eigenvalue weighted by Crippen LogP contribution is -2.31. The number of rotatable bonds is 10. The Balaban J connectivity index is 4.15. The van der Waals surface area contributed by atoms with Gasteiger partial charge in [-0.15, -0.1) is 0 Å². The van der Waals surface area contributed by atoms with Crippen LogP contribution < -0.4 is 4.72 Å². The molecular weight excluding hydrogens is 242 g/mol. The van der Waals surface area contributed by atoms with Crippen LogP contribution in [0, 0.1) is 5.92 Å². The van der Waals surface area contributed by atoms with Crippen molar-refractivity contribution in [3.05, 3.63) is 0 Å².